The predicted octanol–water partition coefficient (Wildman–Crippen LogP) is 4.39. The molecule has 1 amide bonds. The molecular weight excluding hydrogens is 335 g/mol. The molecule has 0 saturated heterocycles. The molecule has 1 aliphatic carbocycles. The van der Waals surface area contributed by atoms with Gasteiger partial charge in [0.25, 0.3) is 5.91 Å². The molecule has 0 aliphatic heterocycles. The number of carbonyl (C=O) groups is 1. The molecular formula is C16H16Cl2N4O. The fourth-order valence-electron chi connectivity index (χ4n) is 2.59. The van der Waals surface area contributed by atoms with E-state index in [0.717, 1.165) is 12.8 Å². The van der Waals surface area contributed by atoms with Gasteiger partial charge in [-0.15, -0.1) is 0 Å². The van der Waals surface area contributed by atoms with E-state index in [2.05, 4.69) is 20.6 Å². The van der Waals surface area contributed by atoms with E-state index >= 15 is 0 Å². The van der Waals surface area contributed by atoms with E-state index in [0.29, 0.717) is 27.7 Å². The van der Waals surface area contributed by atoms with Gasteiger partial charge in [0.2, 0.25) is 5.95 Å². The maximum atomic E-state index is 12.3. The third-order valence-corrected chi connectivity index (χ3v) is 4.32. The first-order valence-corrected chi connectivity index (χ1v) is 8.23. The van der Waals surface area contributed by atoms with Gasteiger partial charge in [0.1, 0.15) is 5.69 Å². The number of amides is 1. The first kappa shape index (κ1) is 16.0. The average Bonchev–Trinajstić information content (AvgIpc) is 3.04. The second-order valence-electron chi connectivity index (χ2n) is 5.47. The summed E-state index contributed by atoms with van der Waals surface area (Å²) in [6.07, 6.45) is 6.21. The van der Waals surface area contributed by atoms with Crippen molar-refractivity contribution in [3.63, 3.8) is 0 Å². The summed E-state index contributed by atoms with van der Waals surface area (Å²) in [4.78, 5) is 20.8. The van der Waals surface area contributed by atoms with Gasteiger partial charge in [-0.05, 0) is 37.1 Å². The lowest BCUT2D eigenvalue weighted by atomic mass is 10.2. The summed E-state index contributed by atoms with van der Waals surface area (Å²) in [5, 5.41) is 6.90. The van der Waals surface area contributed by atoms with Crippen LogP contribution in [0.3, 0.4) is 0 Å². The molecule has 5 nitrogen and oxygen atoms in total. The van der Waals surface area contributed by atoms with Crippen LogP contribution >= 0.6 is 23.2 Å². The second kappa shape index (κ2) is 7.15. The number of rotatable bonds is 4. The number of hydrogen-bond donors (Lipinski definition) is 2. The van der Waals surface area contributed by atoms with Crippen LogP contribution in [0.4, 0.5) is 11.6 Å². The third kappa shape index (κ3) is 4.12. The van der Waals surface area contributed by atoms with Crippen molar-refractivity contribution >= 4 is 40.7 Å². The maximum absolute atomic E-state index is 12.3. The molecule has 0 atom stereocenters. The van der Waals surface area contributed by atoms with Gasteiger partial charge in [-0.25, -0.2) is 9.97 Å². The minimum atomic E-state index is -0.356. The molecule has 1 aliphatic rings. The van der Waals surface area contributed by atoms with Crippen LogP contribution in [0.15, 0.2) is 30.5 Å². The molecule has 1 heterocycles. The van der Waals surface area contributed by atoms with Gasteiger partial charge in [-0.1, -0.05) is 36.0 Å². The minimum Gasteiger partial charge on any atom is -0.351 e. The van der Waals surface area contributed by atoms with E-state index in [1.54, 1.807) is 30.5 Å². The summed E-state index contributed by atoms with van der Waals surface area (Å²) < 4.78 is 0. The fourth-order valence-corrected chi connectivity index (χ4v) is 2.92. The maximum Gasteiger partial charge on any atom is 0.274 e. The van der Waals surface area contributed by atoms with Gasteiger partial charge in [-0.2, -0.15) is 0 Å². The highest BCUT2D eigenvalue weighted by molar-refractivity contribution is 6.35. The number of hydrogen-bond acceptors (Lipinski definition) is 4. The molecule has 1 fully saturated rings. The molecule has 2 aromatic rings. The summed E-state index contributed by atoms with van der Waals surface area (Å²) in [6.45, 7) is 0. The summed E-state index contributed by atoms with van der Waals surface area (Å²) in [7, 11) is 0. The van der Waals surface area contributed by atoms with E-state index in [-0.39, 0.29) is 11.6 Å². The zero-order chi connectivity index (χ0) is 16.2. The zero-order valence-corrected chi connectivity index (χ0v) is 13.9. The molecule has 1 aromatic heterocycles. The SMILES string of the molecule is O=C(Nc1cc(Cl)ccc1Cl)c1ccnc(NC2CCCC2)n1. The summed E-state index contributed by atoms with van der Waals surface area (Å²) in [5.41, 5.74) is 0.727. The van der Waals surface area contributed by atoms with Gasteiger partial charge < -0.3 is 10.6 Å². The number of aromatic nitrogens is 2. The summed E-state index contributed by atoms with van der Waals surface area (Å²) >= 11 is 12.0. The van der Waals surface area contributed by atoms with Gasteiger partial charge in [0.15, 0.2) is 0 Å². The van der Waals surface area contributed by atoms with Gasteiger partial charge in [0.05, 0.1) is 10.7 Å². The molecule has 0 spiro atoms. The van der Waals surface area contributed by atoms with Gasteiger partial charge in [0, 0.05) is 17.3 Å². The Kier molecular flexibility index (Phi) is 4.98. The zero-order valence-electron chi connectivity index (χ0n) is 12.4. The highest BCUT2D eigenvalue weighted by atomic mass is 35.5. The van der Waals surface area contributed by atoms with Crippen molar-refractivity contribution in [3.8, 4) is 0 Å². The van der Waals surface area contributed by atoms with Crippen LogP contribution in [0.2, 0.25) is 10.0 Å². The van der Waals surface area contributed by atoms with E-state index in [9.17, 15) is 4.79 Å². The van der Waals surface area contributed by atoms with Crippen LogP contribution in [0.5, 0.6) is 0 Å². The molecule has 2 N–H and O–H groups in total. The number of halogens is 2. The highest BCUT2D eigenvalue weighted by Crippen LogP contribution is 2.26. The Balaban J connectivity index is 1.72. The molecule has 7 heteroatoms. The Morgan fingerprint density at radius 1 is 1.17 bits per heavy atom. The Bertz CT molecular complexity index is 717. The molecule has 120 valence electrons. The molecule has 0 unspecified atom stereocenters. The largest absolute Gasteiger partial charge is 0.351 e. The number of benzene rings is 1. The van der Waals surface area contributed by atoms with E-state index in [1.165, 1.54) is 12.8 Å². The second-order valence-corrected chi connectivity index (χ2v) is 6.31. The van der Waals surface area contributed by atoms with Gasteiger partial charge >= 0.3 is 0 Å². The number of anilines is 2. The number of nitrogens with one attached hydrogen (secondary N) is 2. The first-order valence-electron chi connectivity index (χ1n) is 7.48. The van der Waals surface area contributed by atoms with Crippen molar-refractivity contribution in [2.24, 2.45) is 0 Å². The molecule has 0 bridgehead atoms. The quantitative estimate of drug-likeness (QED) is 0.857. The van der Waals surface area contributed by atoms with Crippen molar-refractivity contribution in [3.05, 3.63) is 46.2 Å². The standard InChI is InChI=1S/C16H16Cl2N4O/c17-10-5-6-12(18)14(9-10)21-15(23)13-7-8-19-16(22-13)20-11-3-1-2-4-11/h5-9,11H,1-4H2,(H,21,23)(H,19,20,22). The monoisotopic (exact) mass is 350 g/mol. The smallest absolute Gasteiger partial charge is 0.274 e. The topological polar surface area (TPSA) is 66.9 Å². The molecule has 3 rings (SSSR count). The Morgan fingerprint density at radius 3 is 2.74 bits per heavy atom. The molecule has 0 radical (unpaired) electrons. The Labute approximate surface area is 144 Å². The first-order chi connectivity index (χ1) is 11.1. The molecule has 1 saturated carbocycles. The molecule has 23 heavy (non-hydrogen) atoms. The average molecular weight is 351 g/mol. The van der Waals surface area contributed by atoms with Crippen molar-refractivity contribution in [1.29, 1.82) is 0 Å². The highest BCUT2D eigenvalue weighted by Gasteiger charge is 2.17. The summed E-state index contributed by atoms with van der Waals surface area (Å²) in [6, 6.07) is 6.84. The Morgan fingerprint density at radius 2 is 1.96 bits per heavy atom. The van der Waals surface area contributed by atoms with Gasteiger partial charge in [-0.3, -0.25) is 4.79 Å². The minimum absolute atomic E-state index is 0.275. The normalized spacial score (nSPS) is 14.7. The van der Waals surface area contributed by atoms with Crippen LogP contribution in [0.1, 0.15) is 36.2 Å². The lowest BCUT2D eigenvalue weighted by molar-refractivity contribution is 0.102. The number of nitrogens with zero attached hydrogens (tertiary/aromatic N) is 2. The van der Waals surface area contributed by atoms with Crippen LogP contribution < -0.4 is 10.6 Å². The lowest BCUT2D eigenvalue weighted by Gasteiger charge is -2.12. The van der Waals surface area contributed by atoms with Crippen LogP contribution in [0.25, 0.3) is 0 Å². The Hall–Kier alpha value is -1.85. The van der Waals surface area contributed by atoms with E-state index < -0.39 is 0 Å². The van der Waals surface area contributed by atoms with Crippen molar-refractivity contribution in [1.82, 2.24) is 9.97 Å². The van der Waals surface area contributed by atoms with Crippen LogP contribution in [-0.4, -0.2) is 21.9 Å². The third-order valence-electron chi connectivity index (χ3n) is 3.75. The fraction of sp³-hybridized carbons (Fsp3) is 0.312. The van der Waals surface area contributed by atoms with E-state index in [4.69, 9.17) is 23.2 Å². The van der Waals surface area contributed by atoms with Crippen molar-refractivity contribution < 1.29 is 4.79 Å². The number of carbonyl (C=O) groups excluding carboxylic acids is 1. The van der Waals surface area contributed by atoms with Crippen LogP contribution in [0, 0.1) is 0 Å². The summed E-state index contributed by atoms with van der Waals surface area (Å²) in [5.74, 6) is 0.118. The van der Waals surface area contributed by atoms with Crippen molar-refractivity contribution in [2.45, 2.75) is 31.7 Å². The predicted molar refractivity (Wildman–Crippen MR) is 92.3 cm³/mol. The van der Waals surface area contributed by atoms with Crippen molar-refractivity contribution in [2.75, 3.05) is 10.6 Å². The van der Waals surface area contributed by atoms with Crippen LogP contribution in [-0.2, 0) is 0 Å². The lowest BCUT2D eigenvalue weighted by Crippen LogP contribution is -2.19. The molecule has 1 aromatic carbocycles. The van der Waals surface area contributed by atoms with E-state index in [1.807, 2.05) is 0 Å².